The summed E-state index contributed by atoms with van der Waals surface area (Å²) in [5.41, 5.74) is 1.45. The summed E-state index contributed by atoms with van der Waals surface area (Å²) in [6.07, 6.45) is 0. The van der Waals surface area contributed by atoms with Crippen LogP contribution in [0.3, 0.4) is 0 Å². The summed E-state index contributed by atoms with van der Waals surface area (Å²) in [5.74, 6) is 0. The maximum absolute atomic E-state index is 6.14. The molecule has 18 heavy (non-hydrogen) atoms. The van der Waals surface area contributed by atoms with E-state index in [1.165, 1.54) is 15.9 Å². The molecule has 0 saturated carbocycles. The van der Waals surface area contributed by atoms with Crippen LogP contribution in [0.25, 0.3) is 0 Å². The lowest BCUT2D eigenvalue weighted by Crippen LogP contribution is -2.80. The molecule has 1 aliphatic rings. The second kappa shape index (κ2) is 3.80. The number of hydrogen-bond acceptors (Lipinski definition) is 1. The van der Waals surface area contributed by atoms with Crippen molar-refractivity contribution in [3.05, 3.63) is 60.2 Å². The molecule has 2 aromatic carbocycles. The summed E-state index contributed by atoms with van der Waals surface area (Å²) in [6, 6.07) is 19.4. The van der Waals surface area contributed by atoms with Crippen LogP contribution in [-0.2, 0) is 9.46 Å². The van der Waals surface area contributed by atoms with Gasteiger partial charge in [0.25, 0.3) is 8.32 Å². The van der Waals surface area contributed by atoms with E-state index in [-0.39, 0.29) is 5.04 Å². The minimum absolute atomic E-state index is 0.139. The molecule has 1 heterocycles. The third kappa shape index (κ3) is 1.20. The Kier molecular flexibility index (Phi) is 2.47. The minimum Gasteiger partial charge on any atom is -0.410 e. The van der Waals surface area contributed by atoms with Gasteiger partial charge in [-0.3, -0.25) is 0 Å². The van der Waals surface area contributed by atoms with E-state index in [2.05, 4.69) is 68.4 Å². The monoisotopic (exact) mass is 254 g/mol. The van der Waals surface area contributed by atoms with Gasteiger partial charge in [0.2, 0.25) is 0 Å². The lowest BCUT2D eigenvalue weighted by Gasteiger charge is -2.54. The first-order chi connectivity index (χ1) is 8.64. The molecule has 0 amide bonds. The van der Waals surface area contributed by atoms with E-state index < -0.39 is 8.32 Å². The van der Waals surface area contributed by atoms with E-state index in [0.29, 0.717) is 0 Å². The van der Waals surface area contributed by atoms with Gasteiger partial charge in [0.1, 0.15) is 0 Å². The molecule has 2 heteroatoms. The molecule has 3 rings (SSSR count). The van der Waals surface area contributed by atoms with Gasteiger partial charge in [0.15, 0.2) is 0 Å². The van der Waals surface area contributed by atoms with Crippen molar-refractivity contribution in [2.24, 2.45) is 0 Å². The van der Waals surface area contributed by atoms with E-state index in [1.807, 2.05) is 7.11 Å². The highest BCUT2D eigenvalue weighted by Gasteiger charge is 2.62. The van der Waals surface area contributed by atoms with Gasteiger partial charge in [0.05, 0.1) is 0 Å². The summed E-state index contributed by atoms with van der Waals surface area (Å²) in [4.78, 5) is 0. The summed E-state index contributed by atoms with van der Waals surface area (Å²) < 4.78 is 6.14. The molecule has 0 bridgehead atoms. The molecule has 0 aliphatic carbocycles. The highest BCUT2D eigenvalue weighted by Crippen LogP contribution is 2.41. The zero-order valence-corrected chi connectivity index (χ0v) is 12.1. The average molecular weight is 254 g/mol. The van der Waals surface area contributed by atoms with Crippen LogP contribution in [0.15, 0.2) is 54.6 Å². The molecule has 0 radical (unpaired) electrons. The first kappa shape index (κ1) is 11.7. The second-order valence-corrected chi connectivity index (χ2v) is 9.56. The minimum atomic E-state index is -2.04. The van der Waals surface area contributed by atoms with Crippen LogP contribution in [0.5, 0.6) is 0 Å². The molecule has 1 nitrogen and oxygen atoms in total. The van der Waals surface area contributed by atoms with Crippen molar-refractivity contribution in [3.63, 3.8) is 0 Å². The molecule has 0 fully saturated rings. The quantitative estimate of drug-likeness (QED) is 0.747. The van der Waals surface area contributed by atoms with E-state index in [1.54, 1.807) is 0 Å². The molecule has 1 unspecified atom stereocenters. The van der Waals surface area contributed by atoms with Crippen molar-refractivity contribution in [1.29, 1.82) is 0 Å². The SMILES string of the molecule is CO[Si]1(c2ccccc2)c2ccccc2C1(C)C. The normalized spacial score (nSPS) is 24.2. The second-order valence-electron chi connectivity index (χ2n) is 5.42. The Morgan fingerprint density at radius 3 is 2.17 bits per heavy atom. The fraction of sp³-hybridized carbons (Fsp3) is 0.250. The topological polar surface area (TPSA) is 9.23 Å². The van der Waals surface area contributed by atoms with Crippen LogP contribution in [0, 0.1) is 0 Å². The standard InChI is InChI=1S/C16H18OSi/c1-16(2)14-11-7-8-12-15(14)18(16,17-3)13-9-5-4-6-10-13/h4-12H,1-3H3. The highest BCUT2D eigenvalue weighted by atomic mass is 28.4. The maximum atomic E-state index is 6.14. The number of hydrogen-bond donors (Lipinski definition) is 0. The maximum Gasteiger partial charge on any atom is 0.265 e. The molecule has 92 valence electrons. The van der Waals surface area contributed by atoms with Crippen molar-refractivity contribution < 1.29 is 4.43 Å². The van der Waals surface area contributed by atoms with Crippen LogP contribution in [0.2, 0.25) is 0 Å². The third-order valence-corrected chi connectivity index (χ3v) is 9.33. The molecule has 1 atom stereocenters. The van der Waals surface area contributed by atoms with Gasteiger partial charge in [-0.05, 0) is 15.9 Å². The Hall–Kier alpha value is -1.38. The van der Waals surface area contributed by atoms with Crippen molar-refractivity contribution in [1.82, 2.24) is 0 Å². The van der Waals surface area contributed by atoms with Gasteiger partial charge < -0.3 is 4.43 Å². The van der Waals surface area contributed by atoms with E-state index >= 15 is 0 Å². The Balaban J connectivity index is 2.27. The van der Waals surface area contributed by atoms with Gasteiger partial charge in [0, 0.05) is 12.1 Å². The fourth-order valence-electron chi connectivity index (χ4n) is 3.47. The van der Waals surface area contributed by atoms with Crippen LogP contribution in [0.4, 0.5) is 0 Å². The van der Waals surface area contributed by atoms with Crippen LogP contribution in [0.1, 0.15) is 19.4 Å². The van der Waals surface area contributed by atoms with Gasteiger partial charge in [-0.1, -0.05) is 68.4 Å². The van der Waals surface area contributed by atoms with E-state index in [9.17, 15) is 0 Å². The van der Waals surface area contributed by atoms with Crippen molar-refractivity contribution in [3.8, 4) is 0 Å². The summed E-state index contributed by atoms with van der Waals surface area (Å²) in [7, 11) is -0.169. The highest BCUT2D eigenvalue weighted by molar-refractivity contribution is 7.03. The molecule has 1 aliphatic heterocycles. The van der Waals surface area contributed by atoms with E-state index in [4.69, 9.17) is 4.43 Å². The first-order valence-electron chi connectivity index (χ1n) is 6.35. The van der Waals surface area contributed by atoms with Gasteiger partial charge >= 0.3 is 0 Å². The van der Waals surface area contributed by atoms with Crippen LogP contribution in [-0.4, -0.2) is 15.4 Å². The number of rotatable bonds is 2. The molecule has 0 aromatic heterocycles. The molecular weight excluding hydrogens is 236 g/mol. The summed E-state index contributed by atoms with van der Waals surface area (Å²) >= 11 is 0. The van der Waals surface area contributed by atoms with Crippen molar-refractivity contribution >= 4 is 18.7 Å². The molecule has 2 aromatic rings. The van der Waals surface area contributed by atoms with Crippen LogP contribution < -0.4 is 10.4 Å². The third-order valence-electron chi connectivity index (χ3n) is 4.35. The zero-order valence-electron chi connectivity index (χ0n) is 11.1. The predicted octanol–water partition coefficient (Wildman–Crippen LogP) is 2.22. The molecule has 0 spiro atoms. The Morgan fingerprint density at radius 1 is 0.889 bits per heavy atom. The van der Waals surface area contributed by atoms with Gasteiger partial charge in [-0.2, -0.15) is 0 Å². The van der Waals surface area contributed by atoms with Gasteiger partial charge in [-0.15, -0.1) is 0 Å². The lowest BCUT2D eigenvalue weighted by atomic mass is 10.0. The first-order valence-corrected chi connectivity index (χ1v) is 8.26. The summed E-state index contributed by atoms with van der Waals surface area (Å²) in [6.45, 7) is 4.64. The fourth-order valence-corrected chi connectivity index (χ4v) is 8.32. The molecular formula is C16H18OSi. The number of fused-ring (bicyclic) bond motifs is 1. The molecule has 0 N–H and O–H groups in total. The van der Waals surface area contributed by atoms with Gasteiger partial charge in [-0.25, -0.2) is 0 Å². The van der Waals surface area contributed by atoms with E-state index in [0.717, 1.165) is 0 Å². The smallest absolute Gasteiger partial charge is 0.265 e. The Labute approximate surface area is 110 Å². The largest absolute Gasteiger partial charge is 0.410 e. The summed E-state index contributed by atoms with van der Waals surface area (Å²) in [5, 5.41) is 2.94. The molecule has 0 saturated heterocycles. The van der Waals surface area contributed by atoms with Crippen LogP contribution >= 0.6 is 0 Å². The lowest BCUT2D eigenvalue weighted by molar-refractivity contribution is 0.373. The average Bonchev–Trinajstić information content (AvgIpc) is 2.41. The Morgan fingerprint density at radius 2 is 1.50 bits per heavy atom. The zero-order chi connectivity index (χ0) is 12.8. The Bertz CT molecular complexity index is 577. The van der Waals surface area contributed by atoms with Crippen molar-refractivity contribution in [2.45, 2.75) is 18.9 Å². The van der Waals surface area contributed by atoms with Crippen molar-refractivity contribution in [2.75, 3.05) is 7.11 Å². The number of benzene rings is 2. The predicted molar refractivity (Wildman–Crippen MR) is 77.9 cm³/mol.